The van der Waals surface area contributed by atoms with Gasteiger partial charge in [0.15, 0.2) is 0 Å². The number of rotatable bonds is 5. The summed E-state index contributed by atoms with van der Waals surface area (Å²) in [6.45, 7) is 14.7. The maximum atomic E-state index is 4.72. The van der Waals surface area contributed by atoms with E-state index in [9.17, 15) is 0 Å². The molecule has 3 nitrogen and oxygen atoms in total. The molecule has 0 unspecified atom stereocenters. The number of nitrogens with zero attached hydrogens (tertiary/aromatic N) is 2. The molecule has 0 amide bonds. The van der Waals surface area contributed by atoms with Crippen LogP contribution in [-0.4, -0.2) is 29.5 Å². The molecule has 1 aliphatic rings. The molecule has 2 heterocycles. The summed E-state index contributed by atoms with van der Waals surface area (Å²) in [4.78, 5) is 7.29. The van der Waals surface area contributed by atoms with Crippen molar-refractivity contribution in [2.45, 2.75) is 53.6 Å². The molecule has 1 aromatic heterocycles. The Balaban J connectivity index is 1.79. The highest BCUT2D eigenvalue weighted by molar-refractivity contribution is 7.09. The quantitative estimate of drug-likeness (QED) is 0.901. The van der Waals surface area contributed by atoms with Crippen molar-refractivity contribution >= 4 is 11.3 Å². The third kappa shape index (κ3) is 4.54. The van der Waals surface area contributed by atoms with Crippen molar-refractivity contribution in [2.24, 2.45) is 11.3 Å². The van der Waals surface area contributed by atoms with Gasteiger partial charge in [0.1, 0.15) is 5.01 Å². The van der Waals surface area contributed by atoms with Crippen molar-refractivity contribution < 1.29 is 0 Å². The summed E-state index contributed by atoms with van der Waals surface area (Å²) in [6, 6.07) is 0. The predicted molar refractivity (Wildman–Crippen MR) is 87.0 cm³/mol. The lowest BCUT2D eigenvalue weighted by atomic mass is 9.75. The molecular formula is C16H29N3S. The first-order valence-corrected chi connectivity index (χ1v) is 8.73. The third-order valence-electron chi connectivity index (χ3n) is 4.32. The van der Waals surface area contributed by atoms with Crippen LogP contribution < -0.4 is 5.32 Å². The molecule has 0 spiro atoms. The summed E-state index contributed by atoms with van der Waals surface area (Å²) >= 11 is 1.78. The van der Waals surface area contributed by atoms with Gasteiger partial charge in [-0.3, -0.25) is 4.90 Å². The van der Waals surface area contributed by atoms with Crippen LogP contribution >= 0.6 is 11.3 Å². The molecule has 0 radical (unpaired) electrons. The minimum Gasteiger partial charge on any atom is -0.311 e. The summed E-state index contributed by atoms with van der Waals surface area (Å²) in [5.41, 5.74) is 1.71. The fourth-order valence-electron chi connectivity index (χ4n) is 2.92. The highest BCUT2D eigenvalue weighted by Gasteiger charge is 2.28. The minimum absolute atomic E-state index is 0.464. The number of likely N-dealkylation sites (tertiary alicyclic amines) is 1. The van der Waals surface area contributed by atoms with Crippen LogP contribution in [0.3, 0.4) is 0 Å². The fourth-order valence-corrected chi connectivity index (χ4v) is 3.68. The molecular weight excluding hydrogens is 266 g/mol. The Morgan fingerprint density at radius 2 is 2.05 bits per heavy atom. The molecule has 1 saturated heterocycles. The monoisotopic (exact) mass is 295 g/mol. The van der Waals surface area contributed by atoms with E-state index in [1.165, 1.54) is 36.6 Å². The van der Waals surface area contributed by atoms with E-state index < -0.39 is 0 Å². The van der Waals surface area contributed by atoms with Crippen molar-refractivity contribution in [3.05, 3.63) is 16.1 Å². The largest absolute Gasteiger partial charge is 0.311 e. The first-order chi connectivity index (χ1) is 9.49. The molecule has 1 aliphatic heterocycles. The van der Waals surface area contributed by atoms with E-state index in [2.05, 4.69) is 43.3 Å². The van der Waals surface area contributed by atoms with Gasteiger partial charge in [-0.25, -0.2) is 4.98 Å². The Kier molecular flexibility index (Phi) is 5.58. The Hall–Kier alpha value is -0.450. The zero-order chi connectivity index (χ0) is 14.6. The number of hydrogen-bond donors (Lipinski definition) is 1. The van der Waals surface area contributed by atoms with Crippen molar-refractivity contribution in [1.29, 1.82) is 0 Å². The number of hydrogen-bond acceptors (Lipinski definition) is 4. The number of thiazole rings is 1. The lowest BCUT2D eigenvalue weighted by Crippen LogP contribution is -2.37. The molecule has 1 fully saturated rings. The van der Waals surface area contributed by atoms with E-state index in [1.807, 2.05) is 0 Å². The Labute approximate surface area is 127 Å². The molecule has 20 heavy (non-hydrogen) atoms. The maximum absolute atomic E-state index is 4.72. The SMILES string of the molecule is CCNCc1nc(CN2CCC(C(C)(C)C)CC2)cs1. The second kappa shape index (κ2) is 7.01. The standard InChI is InChI=1S/C16H29N3S/c1-5-17-10-15-18-14(12-20-15)11-19-8-6-13(7-9-19)16(2,3)4/h12-13,17H,5-11H2,1-4H3. The Morgan fingerprint density at radius 1 is 1.35 bits per heavy atom. The van der Waals surface area contributed by atoms with Crippen LogP contribution in [0.1, 0.15) is 51.2 Å². The average molecular weight is 295 g/mol. The second-order valence-corrected chi connectivity index (χ2v) is 7.87. The molecule has 4 heteroatoms. The summed E-state index contributed by atoms with van der Waals surface area (Å²) in [5.74, 6) is 0.874. The predicted octanol–water partition coefficient (Wildman–Crippen LogP) is 3.51. The lowest BCUT2D eigenvalue weighted by molar-refractivity contribution is 0.107. The first-order valence-electron chi connectivity index (χ1n) is 7.85. The summed E-state index contributed by atoms with van der Waals surface area (Å²) in [6.07, 6.45) is 2.66. The first kappa shape index (κ1) is 15.9. The van der Waals surface area contributed by atoms with Gasteiger partial charge >= 0.3 is 0 Å². The number of aromatic nitrogens is 1. The highest BCUT2D eigenvalue weighted by atomic mass is 32.1. The van der Waals surface area contributed by atoms with Crippen molar-refractivity contribution in [2.75, 3.05) is 19.6 Å². The van der Waals surface area contributed by atoms with Crippen LogP contribution in [-0.2, 0) is 13.1 Å². The van der Waals surface area contributed by atoms with Crippen molar-refractivity contribution in [1.82, 2.24) is 15.2 Å². The van der Waals surface area contributed by atoms with E-state index in [4.69, 9.17) is 4.98 Å². The summed E-state index contributed by atoms with van der Waals surface area (Å²) < 4.78 is 0. The van der Waals surface area contributed by atoms with Gasteiger partial charge in [-0.15, -0.1) is 11.3 Å². The van der Waals surface area contributed by atoms with Crippen LogP contribution in [0.25, 0.3) is 0 Å². The zero-order valence-electron chi connectivity index (χ0n) is 13.4. The molecule has 0 saturated carbocycles. The van der Waals surface area contributed by atoms with Crippen LogP contribution in [0.5, 0.6) is 0 Å². The third-order valence-corrected chi connectivity index (χ3v) is 5.22. The van der Waals surface area contributed by atoms with E-state index in [0.717, 1.165) is 25.6 Å². The van der Waals surface area contributed by atoms with Crippen molar-refractivity contribution in [3.8, 4) is 0 Å². The second-order valence-electron chi connectivity index (χ2n) is 6.93. The molecule has 0 aromatic carbocycles. The van der Waals surface area contributed by atoms with E-state index in [0.29, 0.717) is 5.41 Å². The molecule has 0 atom stereocenters. The van der Waals surface area contributed by atoms with Gasteiger partial charge in [0.2, 0.25) is 0 Å². The minimum atomic E-state index is 0.464. The fraction of sp³-hybridized carbons (Fsp3) is 0.812. The molecule has 0 aliphatic carbocycles. The average Bonchev–Trinajstić information content (AvgIpc) is 2.83. The zero-order valence-corrected chi connectivity index (χ0v) is 14.2. The molecule has 114 valence electrons. The normalized spacial score (nSPS) is 18.6. The molecule has 1 aromatic rings. The Morgan fingerprint density at radius 3 is 2.65 bits per heavy atom. The smallest absolute Gasteiger partial charge is 0.107 e. The molecule has 1 N–H and O–H groups in total. The topological polar surface area (TPSA) is 28.2 Å². The number of nitrogens with one attached hydrogen (secondary N) is 1. The van der Waals surface area contributed by atoms with E-state index >= 15 is 0 Å². The summed E-state index contributed by atoms with van der Waals surface area (Å²) in [5, 5.41) is 6.78. The van der Waals surface area contributed by atoms with E-state index in [-0.39, 0.29) is 0 Å². The highest BCUT2D eigenvalue weighted by Crippen LogP contribution is 2.34. The Bertz CT molecular complexity index is 400. The van der Waals surface area contributed by atoms with Gasteiger partial charge in [-0.1, -0.05) is 27.7 Å². The lowest BCUT2D eigenvalue weighted by Gasteiger charge is -2.38. The van der Waals surface area contributed by atoms with Gasteiger partial charge in [-0.2, -0.15) is 0 Å². The van der Waals surface area contributed by atoms with Gasteiger partial charge in [0.05, 0.1) is 5.69 Å². The molecule has 0 bridgehead atoms. The van der Waals surface area contributed by atoms with Crippen LogP contribution in [0, 0.1) is 11.3 Å². The van der Waals surface area contributed by atoms with Gasteiger partial charge in [0, 0.05) is 18.5 Å². The van der Waals surface area contributed by atoms with Crippen LogP contribution in [0.15, 0.2) is 5.38 Å². The van der Waals surface area contributed by atoms with Crippen LogP contribution in [0.4, 0.5) is 0 Å². The number of piperidine rings is 1. The summed E-state index contributed by atoms with van der Waals surface area (Å²) in [7, 11) is 0. The van der Waals surface area contributed by atoms with Gasteiger partial charge < -0.3 is 5.32 Å². The van der Waals surface area contributed by atoms with Crippen LogP contribution in [0.2, 0.25) is 0 Å². The van der Waals surface area contributed by atoms with Crippen molar-refractivity contribution in [3.63, 3.8) is 0 Å². The maximum Gasteiger partial charge on any atom is 0.107 e. The van der Waals surface area contributed by atoms with E-state index in [1.54, 1.807) is 11.3 Å². The molecule has 2 rings (SSSR count). The van der Waals surface area contributed by atoms with Gasteiger partial charge in [0.25, 0.3) is 0 Å². The van der Waals surface area contributed by atoms with Gasteiger partial charge in [-0.05, 0) is 43.8 Å².